The second kappa shape index (κ2) is 6.37. The van der Waals surface area contributed by atoms with Gasteiger partial charge in [0.25, 0.3) is 0 Å². The molecule has 1 aliphatic carbocycles. The third kappa shape index (κ3) is 4.14. The van der Waals surface area contributed by atoms with Crippen molar-refractivity contribution in [1.82, 2.24) is 9.62 Å². The van der Waals surface area contributed by atoms with Crippen LogP contribution in [0.1, 0.15) is 24.8 Å². The number of carbonyl (C=O) groups excluding carboxylic acids is 1. The van der Waals surface area contributed by atoms with Crippen molar-refractivity contribution in [3.05, 3.63) is 23.8 Å². The van der Waals surface area contributed by atoms with Crippen molar-refractivity contribution < 1.29 is 22.7 Å². The molecular weight excluding hydrogens is 320 g/mol. The minimum absolute atomic E-state index is 0.0756. The van der Waals surface area contributed by atoms with E-state index in [0.29, 0.717) is 18.0 Å². The van der Waals surface area contributed by atoms with Crippen molar-refractivity contribution in [1.29, 1.82) is 0 Å². The number of carbonyl (C=O) groups is 1. The van der Waals surface area contributed by atoms with Gasteiger partial charge in [0, 0.05) is 25.6 Å². The number of hydrogen-bond donors (Lipinski definition) is 1. The van der Waals surface area contributed by atoms with E-state index in [1.807, 2.05) is 18.2 Å². The van der Waals surface area contributed by atoms with E-state index < -0.39 is 10.0 Å². The van der Waals surface area contributed by atoms with E-state index in [1.54, 1.807) is 0 Å². The lowest BCUT2D eigenvalue weighted by atomic mass is 10.2. The van der Waals surface area contributed by atoms with Gasteiger partial charge in [-0.05, 0) is 30.5 Å². The summed E-state index contributed by atoms with van der Waals surface area (Å²) in [5.74, 6) is 1.21. The lowest BCUT2D eigenvalue weighted by Gasteiger charge is -2.18. The monoisotopic (exact) mass is 340 g/mol. The molecule has 0 saturated heterocycles. The predicted molar refractivity (Wildman–Crippen MR) is 83.6 cm³/mol. The Balaban J connectivity index is 1.48. The Labute approximate surface area is 135 Å². The zero-order valence-corrected chi connectivity index (χ0v) is 13.8. The smallest absolute Gasteiger partial charge is 0.231 e. The first-order chi connectivity index (χ1) is 10.9. The number of nitrogens with one attached hydrogen (secondary N) is 1. The second-order valence-corrected chi connectivity index (χ2v) is 7.75. The van der Waals surface area contributed by atoms with Gasteiger partial charge < -0.3 is 14.8 Å². The van der Waals surface area contributed by atoms with E-state index in [1.165, 1.54) is 10.6 Å². The molecule has 1 aromatic rings. The van der Waals surface area contributed by atoms with E-state index in [4.69, 9.17) is 9.47 Å². The van der Waals surface area contributed by atoms with Crippen molar-refractivity contribution in [2.24, 2.45) is 0 Å². The summed E-state index contributed by atoms with van der Waals surface area (Å²) >= 11 is 0. The van der Waals surface area contributed by atoms with Crippen molar-refractivity contribution >= 4 is 15.9 Å². The van der Waals surface area contributed by atoms with Gasteiger partial charge in [0.15, 0.2) is 11.5 Å². The van der Waals surface area contributed by atoms with E-state index in [-0.39, 0.29) is 31.7 Å². The van der Waals surface area contributed by atoms with E-state index in [2.05, 4.69) is 5.32 Å². The summed E-state index contributed by atoms with van der Waals surface area (Å²) in [6.45, 7) is 0.821. The maximum atomic E-state index is 11.9. The fourth-order valence-electron chi connectivity index (χ4n) is 2.53. The Morgan fingerprint density at radius 3 is 2.74 bits per heavy atom. The Bertz CT molecular complexity index is 700. The van der Waals surface area contributed by atoms with E-state index >= 15 is 0 Å². The highest BCUT2D eigenvalue weighted by Crippen LogP contribution is 2.32. The zero-order valence-electron chi connectivity index (χ0n) is 12.9. The molecule has 8 heteroatoms. The van der Waals surface area contributed by atoms with Crippen LogP contribution >= 0.6 is 0 Å². The fraction of sp³-hybridized carbons (Fsp3) is 0.533. The van der Waals surface area contributed by atoms with Crippen molar-refractivity contribution in [3.8, 4) is 11.5 Å². The summed E-state index contributed by atoms with van der Waals surface area (Å²) in [4.78, 5) is 11.9. The average Bonchev–Trinajstić information content (AvgIpc) is 3.20. The van der Waals surface area contributed by atoms with Crippen LogP contribution in [0.15, 0.2) is 18.2 Å². The van der Waals surface area contributed by atoms with Crippen LogP contribution in [0.4, 0.5) is 0 Å². The number of sulfonamides is 1. The van der Waals surface area contributed by atoms with Gasteiger partial charge >= 0.3 is 0 Å². The maximum Gasteiger partial charge on any atom is 0.231 e. The van der Waals surface area contributed by atoms with E-state index in [0.717, 1.165) is 18.4 Å². The molecule has 1 amide bonds. The normalized spacial score (nSPS) is 16.6. The van der Waals surface area contributed by atoms with E-state index in [9.17, 15) is 13.2 Å². The molecule has 1 saturated carbocycles. The number of nitrogens with zero attached hydrogens (tertiary/aromatic N) is 1. The van der Waals surface area contributed by atoms with Crippen molar-refractivity contribution in [3.63, 3.8) is 0 Å². The van der Waals surface area contributed by atoms with Gasteiger partial charge in [0.05, 0.1) is 6.26 Å². The Kier molecular flexibility index (Phi) is 4.45. The molecule has 0 spiro atoms. The molecule has 3 rings (SSSR count). The highest BCUT2D eigenvalue weighted by molar-refractivity contribution is 7.88. The second-order valence-electron chi connectivity index (χ2n) is 5.82. The summed E-state index contributed by atoms with van der Waals surface area (Å²) in [5, 5.41) is 2.80. The molecular formula is C15H20N2O5S. The minimum Gasteiger partial charge on any atom is -0.454 e. The zero-order chi connectivity index (χ0) is 16.4. The number of amides is 1. The van der Waals surface area contributed by atoms with Gasteiger partial charge in [-0.1, -0.05) is 6.07 Å². The minimum atomic E-state index is -3.25. The number of ether oxygens (including phenoxy) is 2. The van der Waals surface area contributed by atoms with Gasteiger partial charge in [-0.25, -0.2) is 8.42 Å². The lowest BCUT2D eigenvalue weighted by molar-refractivity contribution is -0.121. The van der Waals surface area contributed by atoms with Crippen LogP contribution in [0.25, 0.3) is 0 Å². The number of hydrogen-bond acceptors (Lipinski definition) is 5. The van der Waals surface area contributed by atoms with Crippen LogP contribution in [0.3, 0.4) is 0 Å². The predicted octanol–water partition coefficient (Wildman–Crippen LogP) is 0.846. The van der Waals surface area contributed by atoms with Crippen LogP contribution in [0.2, 0.25) is 0 Å². The van der Waals surface area contributed by atoms with Crippen molar-refractivity contribution in [2.75, 3.05) is 19.6 Å². The molecule has 0 radical (unpaired) electrons. The Hall–Kier alpha value is -1.80. The highest BCUT2D eigenvalue weighted by atomic mass is 32.2. The van der Waals surface area contributed by atoms with Crippen LogP contribution < -0.4 is 14.8 Å². The average molecular weight is 340 g/mol. The molecule has 126 valence electrons. The summed E-state index contributed by atoms with van der Waals surface area (Å²) in [6.07, 6.45) is 3.11. The van der Waals surface area contributed by atoms with Crippen LogP contribution in [-0.2, 0) is 21.4 Å². The van der Waals surface area contributed by atoms with Gasteiger partial charge in [0.1, 0.15) is 0 Å². The summed E-state index contributed by atoms with van der Waals surface area (Å²) in [7, 11) is -3.25. The summed E-state index contributed by atoms with van der Waals surface area (Å²) in [6, 6.07) is 5.57. The molecule has 0 atom stereocenters. The SMILES string of the molecule is CS(=O)(=O)N(CCC(=O)NCc1ccc2c(c1)OCO2)C1CC1. The fourth-order valence-corrected chi connectivity index (χ4v) is 3.71. The molecule has 2 aliphatic rings. The molecule has 1 aromatic carbocycles. The summed E-state index contributed by atoms with van der Waals surface area (Å²) in [5.41, 5.74) is 0.907. The van der Waals surface area contributed by atoms with Crippen molar-refractivity contribution in [2.45, 2.75) is 31.8 Å². The number of benzene rings is 1. The van der Waals surface area contributed by atoms with Gasteiger partial charge in [-0.2, -0.15) is 4.31 Å². The number of fused-ring (bicyclic) bond motifs is 1. The quantitative estimate of drug-likeness (QED) is 0.795. The molecule has 1 N–H and O–H groups in total. The van der Waals surface area contributed by atoms with Crippen LogP contribution in [0.5, 0.6) is 11.5 Å². The molecule has 1 heterocycles. The lowest BCUT2D eigenvalue weighted by Crippen LogP contribution is -2.36. The maximum absolute atomic E-state index is 11.9. The van der Waals surface area contributed by atoms with Gasteiger partial charge in [0.2, 0.25) is 22.7 Å². The molecule has 0 bridgehead atoms. The Morgan fingerprint density at radius 2 is 2.04 bits per heavy atom. The third-order valence-corrected chi connectivity index (χ3v) is 5.20. The van der Waals surface area contributed by atoms with Gasteiger partial charge in [-0.15, -0.1) is 0 Å². The molecule has 1 aliphatic heterocycles. The highest BCUT2D eigenvalue weighted by Gasteiger charge is 2.34. The van der Waals surface area contributed by atoms with Crippen LogP contribution in [-0.4, -0.2) is 44.3 Å². The summed E-state index contributed by atoms with van der Waals surface area (Å²) < 4.78 is 35.3. The first-order valence-electron chi connectivity index (χ1n) is 7.55. The first kappa shape index (κ1) is 16.1. The van der Waals surface area contributed by atoms with Gasteiger partial charge in [-0.3, -0.25) is 4.79 Å². The topological polar surface area (TPSA) is 84.9 Å². The largest absolute Gasteiger partial charge is 0.454 e. The molecule has 1 fully saturated rings. The number of rotatable bonds is 7. The third-order valence-electron chi connectivity index (χ3n) is 3.87. The molecule has 0 aromatic heterocycles. The first-order valence-corrected chi connectivity index (χ1v) is 9.40. The van der Waals surface area contributed by atoms with Crippen LogP contribution in [0, 0.1) is 0 Å². The standard InChI is InChI=1S/C15H20N2O5S/c1-23(19,20)17(12-3-4-12)7-6-15(18)16-9-11-2-5-13-14(8-11)22-10-21-13/h2,5,8,12H,3-4,6-7,9-10H2,1H3,(H,16,18). The molecule has 23 heavy (non-hydrogen) atoms. The molecule has 0 unspecified atom stereocenters. The molecule has 7 nitrogen and oxygen atoms in total. The Morgan fingerprint density at radius 1 is 1.30 bits per heavy atom.